The Balaban J connectivity index is 1.61. The van der Waals surface area contributed by atoms with Crippen molar-refractivity contribution in [1.82, 2.24) is 9.55 Å². The van der Waals surface area contributed by atoms with Crippen LogP contribution in [0, 0.1) is 0 Å². The van der Waals surface area contributed by atoms with Crippen LogP contribution in [-0.2, 0) is 12.0 Å². The second-order valence-electron chi connectivity index (χ2n) is 7.56. The highest BCUT2D eigenvalue weighted by molar-refractivity contribution is 5.76. The maximum Gasteiger partial charge on any atom is 0.122 e. The number of ether oxygens (including phenoxy) is 2. The van der Waals surface area contributed by atoms with E-state index >= 15 is 0 Å². The predicted molar refractivity (Wildman–Crippen MR) is 106 cm³/mol. The van der Waals surface area contributed by atoms with Gasteiger partial charge in [-0.25, -0.2) is 4.98 Å². The molecule has 0 saturated carbocycles. The summed E-state index contributed by atoms with van der Waals surface area (Å²) >= 11 is 0. The molecular formula is C22H28N2O2. The first-order chi connectivity index (χ1) is 12.5. The lowest BCUT2D eigenvalue weighted by Crippen LogP contribution is -2.19. The first-order valence-electron chi connectivity index (χ1n) is 9.21. The number of hydrogen-bond donors (Lipinski definition) is 0. The van der Waals surface area contributed by atoms with E-state index in [9.17, 15) is 0 Å². The summed E-state index contributed by atoms with van der Waals surface area (Å²) in [6.07, 6.45) is 2.04. The lowest BCUT2D eigenvalue weighted by molar-refractivity contribution is 0.300. The summed E-state index contributed by atoms with van der Waals surface area (Å²) < 4.78 is 13.4. The first kappa shape index (κ1) is 18.3. The van der Waals surface area contributed by atoms with Crippen LogP contribution in [0.4, 0.5) is 0 Å². The van der Waals surface area contributed by atoms with Gasteiger partial charge in [-0.1, -0.05) is 39.0 Å². The van der Waals surface area contributed by atoms with Crippen LogP contribution < -0.4 is 9.47 Å². The third-order valence-electron chi connectivity index (χ3n) is 4.41. The summed E-state index contributed by atoms with van der Waals surface area (Å²) in [5, 5.41) is 0. The monoisotopic (exact) mass is 352 g/mol. The number of nitrogens with zero attached hydrogens (tertiary/aromatic N) is 2. The molecule has 0 unspecified atom stereocenters. The van der Waals surface area contributed by atoms with Gasteiger partial charge in [-0.3, -0.25) is 0 Å². The number of rotatable bonds is 7. The van der Waals surface area contributed by atoms with Gasteiger partial charge in [0.15, 0.2) is 0 Å². The Kier molecular flexibility index (Phi) is 5.50. The van der Waals surface area contributed by atoms with Crippen LogP contribution in [0.3, 0.4) is 0 Å². The highest BCUT2D eigenvalue weighted by Gasteiger charge is 2.22. The average molecular weight is 352 g/mol. The van der Waals surface area contributed by atoms with E-state index in [-0.39, 0.29) is 5.41 Å². The molecule has 0 atom stereocenters. The number of unbranched alkanes of at least 4 members (excludes halogenated alkanes) is 1. The fourth-order valence-corrected chi connectivity index (χ4v) is 3.13. The van der Waals surface area contributed by atoms with Crippen molar-refractivity contribution in [3.05, 3.63) is 54.4 Å². The van der Waals surface area contributed by atoms with E-state index in [1.54, 1.807) is 7.11 Å². The van der Waals surface area contributed by atoms with Crippen molar-refractivity contribution in [2.75, 3.05) is 13.7 Å². The van der Waals surface area contributed by atoms with Gasteiger partial charge in [0, 0.05) is 18.0 Å². The van der Waals surface area contributed by atoms with E-state index in [4.69, 9.17) is 14.5 Å². The summed E-state index contributed by atoms with van der Waals surface area (Å²) in [5.41, 5.74) is 2.31. The van der Waals surface area contributed by atoms with Crippen molar-refractivity contribution in [3.63, 3.8) is 0 Å². The molecule has 4 heteroatoms. The molecule has 0 bridgehead atoms. The molecule has 138 valence electrons. The Hall–Kier alpha value is -2.49. The molecule has 3 rings (SSSR count). The average Bonchev–Trinajstić information content (AvgIpc) is 3.01. The minimum atomic E-state index is 0.0239. The summed E-state index contributed by atoms with van der Waals surface area (Å²) in [7, 11) is 1.67. The van der Waals surface area contributed by atoms with Crippen molar-refractivity contribution in [2.45, 2.75) is 45.6 Å². The number of benzene rings is 2. The summed E-state index contributed by atoms with van der Waals surface area (Å²) in [4.78, 5) is 4.87. The second-order valence-corrected chi connectivity index (χ2v) is 7.56. The number of fused-ring (bicyclic) bond motifs is 1. The van der Waals surface area contributed by atoms with Crippen LogP contribution in [0.2, 0.25) is 0 Å². The molecule has 4 nitrogen and oxygen atoms in total. The van der Waals surface area contributed by atoms with Crippen molar-refractivity contribution in [3.8, 4) is 11.5 Å². The van der Waals surface area contributed by atoms with E-state index in [1.807, 2.05) is 30.3 Å². The van der Waals surface area contributed by atoms with Gasteiger partial charge in [-0.2, -0.15) is 0 Å². The molecule has 0 spiro atoms. The van der Waals surface area contributed by atoms with Crippen LogP contribution >= 0.6 is 0 Å². The SMILES string of the molecule is COc1cccc(OCCCCn2c(C(C)(C)C)nc3ccccc32)c1. The van der Waals surface area contributed by atoms with Gasteiger partial charge >= 0.3 is 0 Å². The Morgan fingerprint density at radius 2 is 1.73 bits per heavy atom. The number of hydrogen-bond acceptors (Lipinski definition) is 3. The molecule has 2 aromatic carbocycles. The topological polar surface area (TPSA) is 36.3 Å². The van der Waals surface area contributed by atoms with E-state index in [0.29, 0.717) is 6.61 Å². The van der Waals surface area contributed by atoms with E-state index in [1.165, 1.54) is 5.52 Å². The number of methoxy groups -OCH3 is 1. The molecule has 3 aromatic rings. The molecule has 0 aliphatic carbocycles. The highest BCUT2D eigenvalue weighted by Crippen LogP contribution is 2.27. The van der Waals surface area contributed by atoms with Gasteiger partial charge in [-0.15, -0.1) is 0 Å². The zero-order chi connectivity index (χ0) is 18.6. The third-order valence-corrected chi connectivity index (χ3v) is 4.41. The Bertz CT molecular complexity index is 862. The standard InChI is InChI=1S/C22H28N2O2/c1-22(2,3)21-23-19-12-5-6-13-20(19)24(21)14-7-8-15-26-18-11-9-10-17(16-18)25-4/h5-6,9-13,16H,7-8,14-15H2,1-4H3. The van der Waals surface area contributed by atoms with Gasteiger partial charge in [0.25, 0.3) is 0 Å². The summed E-state index contributed by atoms with van der Waals surface area (Å²) in [5.74, 6) is 2.82. The minimum absolute atomic E-state index is 0.0239. The van der Waals surface area contributed by atoms with Crippen LogP contribution in [0.1, 0.15) is 39.4 Å². The first-order valence-corrected chi connectivity index (χ1v) is 9.21. The Labute approximate surface area is 155 Å². The normalized spacial score (nSPS) is 11.7. The Morgan fingerprint density at radius 3 is 2.50 bits per heavy atom. The fraction of sp³-hybridized carbons (Fsp3) is 0.409. The van der Waals surface area contributed by atoms with Gasteiger partial charge in [0.05, 0.1) is 24.8 Å². The number of aryl methyl sites for hydroxylation is 1. The molecule has 0 fully saturated rings. The summed E-state index contributed by atoms with van der Waals surface area (Å²) in [6, 6.07) is 16.1. The lowest BCUT2D eigenvalue weighted by atomic mass is 9.95. The zero-order valence-electron chi connectivity index (χ0n) is 16.2. The second kappa shape index (κ2) is 7.81. The van der Waals surface area contributed by atoms with E-state index in [0.717, 1.165) is 42.2 Å². The zero-order valence-corrected chi connectivity index (χ0v) is 16.2. The van der Waals surface area contributed by atoms with Crippen molar-refractivity contribution >= 4 is 11.0 Å². The number of imidazole rings is 1. The molecule has 0 saturated heterocycles. The predicted octanol–water partition coefficient (Wildman–Crippen LogP) is 5.20. The number of aromatic nitrogens is 2. The van der Waals surface area contributed by atoms with Crippen LogP contribution in [0.5, 0.6) is 11.5 Å². The smallest absolute Gasteiger partial charge is 0.122 e. The van der Waals surface area contributed by atoms with Gasteiger partial charge in [0.2, 0.25) is 0 Å². The molecule has 0 aliphatic heterocycles. The lowest BCUT2D eigenvalue weighted by Gasteiger charge is -2.20. The van der Waals surface area contributed by atoms with E-state index < -0.39 is 0 Å². The van der Waals surface area contributed by atoms with E-state index in [2.05, 4.69) is 43.5 Å². The number of para-hydroxylation sites is 2. The Morgan fingerprint density at radius 1 is 0.962 bits per heavy atom. The van der Waals surface area contributed by atoms with Crippen LogP contribution in [0.25, 0.3) is 11.0 Å². The molecule has 1 aromatic heterocycles. The largest absolute Gasteiger partial charge is 0.497 e. The molecule has 26 heavy (non-hydrogen) atoms. The van der Waals surface area contributed by atoms with Crippen LogP contribution in [-0.4, -0.2) is 23.3 Å². The maximum absolute atomic E-state index is 5.85. The molecule has 0 N–H and O–H groups in total. The molecule has 0 aliphatic rings. The maximum atomic E-state index is 5.85. The van der Waals surface area contributed by atoms with Crippen LogP contribution in [0.15, 0.2) is 48.5 Å². The molecular weight excluding hydrogens is 324 g/mol. The molecule has 0 amide bonds. The fourth-order valence-electron chi connectivity index (χ4n) is 3.13. The van der Waals surface area contributed by atoms with Gasteiger partial charge < -0.3 is 14.0 Å². The quantitative estimate of drug-likeness (QED) is 0.548. The van der Waals surface area contributed by atoms with Crippen molar-refractivity contribution in [2.24, 2.45) is 0 Å². The summed E-state index contributed by atoms with van der Waals surface area (Å²) in [6.45, 7) is 8.31. The third kappa shape index (κ3) is 4.18. The van der Waals surface area contributed by atoms with Crippen molar-refractivity contribution < 1.29 is 9.47 Å². The van der Waals surface area contributed by atoms with Gasteiger partial charge in [0.1, 0.15) is 17.3 Å². The minimum Gasteiger partial charge on any atom is -0.497 e. The van der Waals surface area contributed by atoms with Crippen molar-refractivity contribution in [1.29, 1.82) is 0 Å². The van der Waals surface area contributed by atoms with Gasteiger partial charge in [-0.05, 0) is 37.1 Å². The molecule has 0 radical (unpaired) electrons. The highest BCUT2D eigenvalue weighted by atomic mass is 16.5. The molecule has 1 heterocycles.